The van der Waals surface area contributed by atoms with E-state index in [0.29, 0.717) is 12.6 Å². The molecule has 0 spiro atoms. The monoisotopic (exact) mass is 185 g/mol. The normalized spacial score (nSPS) is 22.8. The van der Waals surface area contributed by atoms with Crippen LogP contribution in [-0.4, -0.2) is 37.1 Å². The fourth-order valence-electron chi connectivity index (χ4n) is 1.82. The van der Waals surface area contributed by atoms with Gasteiger partial charge < -0.3 is 9.64 Å². The van der Waals surface area contributed by atoms with Crippen molar-refractivity contribution in [2.24, 2.45) is 5.92 Å². The van der Waals surface area contributed by atoms with Crippen molar-refractivity contribution in [2.45, 2.75) is 32.7 Å². The molecule has 1 aliphatic heterocycles. The number of ether oxygens (including phenoxy) is 1. The van der Waals surface area contributed by atoms with Crippen molar-refractivity contribution < 1.29 is 9.53 Å². The number of amides is 1. The lowest BCUT2D eigenvalue weighted by Crippen LogP contribution is -2.40. The summed E-state index contributed by atoms with van der Waals surface area (Å²) in [4.78, 5) is 13.7. The number of rotatable bonds is 3. The molecule has 0 unspecified atom stereocenters. The first-order chi connectivity index (χ1) is 6.16. The Morgan fingerprint density at radius 1 is 1.62 bits per heavy atom. The van der Waals surface area contributed by atoms with Crippen molar-refractivity contribution in [3.63, 3.8) is 0 Å². The second kappa shape index (κ2) is 4.61. The highest BCUT2D eigenvalue weighted by atomic mass is 16.5. The van der Waals surface area contributed by atoms with Crippen LogP contribution in [0, 0.1) is 5.92 Å². The van der Waals surface area contributed by atoms with Crippen LogP contribution in [0.5, 0.6) is 0 Å². The van der Waals surface area contributed by atoms with Gasteiger partial charge in [-0.2, -0.15) is 0 Å². The minimum atomic E-state index is 0.109. The average Bonchev–Trinajstić information content (AvgIpc) is 2.52. The summed E-state index contributed by atoms with van der Waals surface area (Å²) >= 11 is 0. The zero-order valence-corrected chi connectivity index (χ0v) is 8.75. The van der Waals surface area contributed by atoms with E-state index in [0.717, 1.165) is 19.4 Å². The summed E-state index contributed by atoms with van der Waals surface area (Å²) in [5.74, 6) is 0.372. The first-order valence-corrected chi connectivity index (χ1v) is 4.96. The molecule has 1 saturated heterocycles. The zero-order valence-electron chi connectivity index (χ0n) is 8.75. The van der Waals surface area contributed by atoms with E-state index in [4.69, 9.17) is 4.74 Å². The Kier molecular flexibility index (Phi) is 3.72. The third kappa shape index (κ3) is 2.44. The van der Waals surface area contributed by atoms with Gasteiger partial charge in [-0.05, 0) is 12.8 Å². The first-order valence-electron chi connectivity index (χ1n) is 4.96. The summed E-state index contributed by atoms with van der Waals surface area (Å²) < 4.78 is 5.09. The van der Waals surface area contributed by atoms with Gasteiger partial charge in [-0.1, -0.05) is 13.8 Å². The van der Waals surface area contributed by atoms with Gasteiger partial charge in [0.2, 0.25) is 5.91 Å². The van der Waals surface area contributed by atoms with Gasteiger partial charge in [0.05, 0.1) is 12.6 Å². The Labute approximate surface area is 80.1 Å². The van der Waals surface area contributed by atoms with Crippen LogP contribution in [0.1, 0.15) is 26.7 Å². The Balaban J connectivity index is 2.52. The molecular formula is C10H19NO2. The zero-order chi connectivity index (χ0) is 9.84. The third-order valence-electron chi connectivity index (χ3n) is 2.51. The molecule has 0 aromatic rings. The molecule has 1 atom stereocenters. The molecule has 76 valence electrons. The lowest BCUT2D eigenvalue weighted by molar-refractivity contribution is -0.136. The van der Waals surface area contributed by atoms with E-state index in [1.165, 1.54) is 0 Å². The topological polar surface area (TPSA) is 29.5 Å². The van der Waals surface area contributed by atoms with E-state index >= 15 is 0 Å². The number of nitrogens with zero attached hydrogens (tertiary/aromatic N) is 1. The molecule has 3 nitrogen and oxygen atoms in total. The molecule has 0 aromatic heterocycles. The number of carbonyl (C=O) groups excluding carboxylic acids is 1. The van der Waals surface area contributed by atoms with Crippen LogP contribution in [-0.2, 0) is 9.53 Å². The lowest BCUT2D eigenvalue weighted by Gasteiger charge is -2.25. The summed E-state index contributed by atoms with van der Waals surface area (Å²) in [6, 6.07) is 0.319. The molecule has 0 bridgehead atoms. The largest absolute Gasteiger partial charge is 0.383 e. The fourth-order valence-corrected chi connectivity index (χ4v) is 1.82. The lowest BCUT2D eigenvalue weighted by atomic mass is 10.1. The van der Waals surface area contributed by atoms with Crippen molar-refractivity contribution >= 4 is 5.91 Å². The molecule has 1 aliphatic rings. The summed E-state index contributed by atoms with van der Waals surface area (Å²) in [5, 5.41) is 0. The fraction of sp³-hybridized carbons (Fsp3) is 0.900. The van der Waals surface area contributed by atoms with Gasteiger partial charge in [0.15, 0.2) is 0 Å². The van der Waals surface area contributed by atoms with Gasteiger partial charge >= 0.3 is 0 Å². The maximum atomic E-state index is 11.7. The molecule has 0 radical (unpaired) electrons. The van der Waals surface area contributed by atoms with Crippen LogP contribution >= 0.6 is 0 Å². The molecular weight excluding hydrogens is 166 g/mol. The minimum absolute atomic E-state index is 0.109. The molecule has 3 heteroatoms. The highest BCUT2D eigenvalue weighted by Crippen LogP contribution is 2.19. The van der Waals surface area contributed by atoms with Crippen molar-refractivity contribution in [1.82, 2.24) is 4.90 Å². The van der Waals surface area contributed by atoms with Gasteiger partial charge in [-0.15, -0.1) is 0 Å². The first kappa shape index (κ1) is 10.5. The Morgan fingerprint density at radius 2 is 2.31 bits per heavy atom. The van der Waals surface area contributed by atoms with E-state index in [9.17, 15) is 4.79 Å². The molecule has 1 heterocycles. The van der Waals surface area contributed by atoms with Crippen molar-refractivity contribution in [1.29, 1.82) is 0 Å². The van der Waals surface area contributed by atoms with E-state index in [1.54, 1.807) is 7.11 Å². The van der Waals surface area contributed by atoms with E-state index in [2.05, 4.69) is 0 Å². The molecule has 0 N–H and O–H groups in total. The van der Waals surface area contributed by atoms with Gasteiger partial charge in [0.25, 0.3) is 0 Å². The van der Waals surface area contributed by atoms with Gasteiger partial charge in [0.1, 0.15) is 0 Å². The van der Waals surface area contributed by atoms with Crippen LogP contribution in [0.25, 0.3) is 0 Å². The summed E-state index contributed by atoms with van der Waals surface area (Å²) in [6.45, 7) is 5.48. The maximum absolute atomic E-state index is 11.7. The Bertz CT molecular complexity index is 180. The van der Waals surface area contributed by atoms with Gasteiger partial charge in [0, 0.05) is 19.6 Å². The number of hydrogen-bond acceptors (Lipinski definition) is 2. The van der Waals surface area contributed by atoms with Crippen LogP contribution in [0.4, 0.5) is 0 Å². The van der Waals surface area contributed by atoms with E-state index in [-0.39, 0.29) is 11.8 Å². The molecule has 1 rings (SSSR count). The highest BCUT2D eigenvalue weighted by Gasteiger charge is 2.29. The average molecular weight is 185 g/mol. The highest BCUT2D eigenvalue weighted by molar-refractivity contribution is 5.78. The van der Waals surface area contributed by atoms with Crippen LogP contribution in [0.2, 0.25) is 0 Å². The predicted octanol–water partition coefficient (Wildman–Crippen LogP) is 1.28. The van der Waals surface area contributed by atoms with Crippen LogP contribution in [0.3, 0.4) is 0 Å². The third-order valence-corrected chi connectivity index (χ3v) is 2.51. The minimum Gasteiger partial charge on any atom is -0.383 e. The molecule has 1 fully saturated rings. The SMILES string of the molecule is COC[C@@H]1CCCN1C(=O)C(C)C. The van der Waals surface area contributed by atoms with Crippen LogP contribution in [0.15, 0.2) is 0 Å². The number of methoxy groups -OCH3 is 1. The second-order valence-electron chi connectivity index (χ2n) is 3.94. The molecule has 0 saturated carbocycles. The van der Waals surface area contributed by atoms with Crippen molar-refractivity contribution in [3.05, 3.63) is 0 Å². The number of likely N-dealkylation sites (tertiary alicyclic amines) is 1. The summed E-state index contributed by atoms with van der Waals surface area (Å²) in [5.41, 5.74) is 0. The van der Waals surface area contributed by atoms with Crippen molar-refractivity contribution in [3.8, 4) is 0 Å². The van der Waals surface area contributed by atoms with E-state index < -0.39 is 0 Å². The number of carbonyl (C=O) groups is 1. The van der Waals surface area contributed by atoms with Crippen molar-refractivity contribution in [2.75, 3.05) is 20.3 Å². The Hall–Kier alpha value is -0.570. The van der Waals surface area contributed by atoms with Crippen LogP contribution < -0.4 is 0 Å². The Morgan fingerprint density at radius 3 is 2.85 bits per heavy atom. The van der Waals surface area contributed by atoms with E-state index in [1.807, 2.05) is 18.7 Å². The predicted molar refractivity (Wildman–Crippen MR) is 51.4 cm³/mol. The standard InChI is InChI=1S/C10H19NO2/c1-8(2)10(12)11-6-4-5-9(11)7-13-3/h8-9H,4-7H2,1-3H3/t9-/m0/s1. The molecule has 0 aliphatic carbocycles. The summed E-state index contributed by atoms with van der Waals surface area (Å²) in [7, 11) is 1.69. The van der Waals surface area contributed by atoms with Gasteiger partial charge in [-0.25, -0.2) is 0 Å². The smallest absolute Gasteiger partial charge is 0.225 e. The van der Waals surface area contributed by atoms with Gasteiger partial charge in [-0.3, -0.25) is 4.79 Å². The second-order valence-corrected chi connectivity index (χ2v) is 3.94. The quantitative estimate of drug-likeness (QED) is 0.663. The summed E-state index contributed by atoms with van der Waals surface area (Å²) in [6.07, 6.45) is 2.21. The number of hydrogen-bond donors (Lipinski definition) is 0. The molecule has 0 aromatic carbocycles. The maximum Gasteiger partial charge on any atom is 0.225 e. The molecule has 1 amide bonds. The molecule has 13 heavy (non-hydrogen) atoms.